The van der Waals surface area contributed by atoms with E-state index in [0.29, 0.717) is 0 Å². The summed E-state index contributed by atoms with van der Waals surface area (Å²) in [5.41, 5.74) is 3.99. The van der Waals surface area contributed by atoms with Gasteiger partial charge in [0.05, 0.1) is 24.7 Å². The number of methoxy groups -OCH3 is 1. The van der Waals surface area contributed by atoms with Crippen molar-refractivity contribution in [2.24, 2.45) is 5.92 Å². The fourth-order valence-electron chi connectivity index (χ4n) is 3.40. The smallest absolute Gasteiger partial charge is 0.226 e. The van der Waals surface area contributed by atoms with E-state index in [4.69, 9.17) is 9.72 Å². The van der Waals surface area contributed by atoms with Gasteiger partial charge in [-0.3, -0.25) is 4.79 Å². The summed E-state index contributed by atoms with van der Waals surface area (Å²) >= 11 is 0. The molecular weight excluding hydrogens is 340 g/mol. The van der Waals surface area contributed by atoms with Gasteiger partial charge < -0.3 is 19.5 Å². The summed E-state index contributed by atoms with van der Waals surface area (Å²) in [7, 11) is 1.68. The molecule has 0 saturated carbocycles. The first-order valence-corrected chi connectivity index (χ1v) is 9.24. The van der Waals surface area contributed by atoms with E-state index in [-0.39, 0.29) is 11.8 Å². The standard InChI is InChI=1S/C21H24N4O2/c1-14(2)21(26)22-15-4-9-19-18(12-15)23-20-13-24(10-11-25(19)20)16-5-7-17(27-3)8-6-16/h4-9,12,14H,10-11,13H2,1-3H3,(H,22,26). The Labute approximate surface area is 158 Å². The van der Waals surface area contributed by atoms with Gasteiger partial charge in [-0.15, -0.1) is 0 Å². The van der Waals surface area contributed by atoms with Crippen LogP contribution in [0.15, 0.2) is 42.5 Å². The Morgan fingerprint density at radius 3 is 2.63 bits per heavy atom. The van der Waals surface area contributed by atoms with E-state index >= 15 is 0 Å². The normalized spacial score (nSPS) is 13.7. The lowest BCUT2D eigenvalue weighted by Crippen LogP contribution is -2.33. The largest absolute Gasteiger partial charge is 0.497 e. The predicted molar refractivity (Wildman–Crippen MR) is 107 cm³/mol. The molecule has 0 atom stereocenters. The third-order valence-corrected chi connectivity index (χ3v) is 4.98. The van der Waals surface area contributed by atoms with Crippen LogP contribution in [0.3, 0.4) is 0 Å². The average molecular weight is 364 g/mol. The Kier molecular flexibility index (Phi) is 4.48. The van der Waals surface area contributed by atoms with Gasteiger partial charge in [0.1, 0.15) is 11.6 Å². The van der Waals surface area contributed by atoms with Gasteiger partial charge in [-0.05, 0) is 42.5 Å². The number of aromatic nitrogens is 2. The van der Waals surface area contributed by atoms with Crippen LogP contribution in [0, 0.1) is 5.92 Å². The fourth-order valence-corrected chi connectivity index (χ4v) is 3.40. The molecular formula is C21H24N4O2. The van der Waals surface area contributed by atoms with Gasteiger partial charge in [0.2, 0.25) is 5.91 Å². The minimum absolute atomic E-state index is 0.0176. The summed E-state index contributed by atoms with van der Waals surface area (Å²) in [4.78, 5) is 19.1. The van der Waals surface area contributed by atoms with Crippen molar-refractivity contribution in [2.45, 2.75) is 26.9 Å². The Morgan fingerprint density at radius 2 is 1.93 bits per heavy atom. The van der Waals surface area contributed by atoms with Crippen LogP contribution < -0.4 is 15.0 Å². The zero-order valence-electron chi connectivity index (χ0n) is 15.9. The van der Waals surface area contributed by atoms with Gasteiger partial charge >= 0.3 is 0 Å². The molecule has 140 valence electrons. The zero-order chi connectivity index (χ0) is 19.0. The van der Waals surface area contributed by atoms with Gasteiger partial charge in [-0.1, -0.05) is 13.8 Å². The first-order valence-electron chi connectivity index (χ1n) is 9.24. The maximum atomic E-state index is 11.9. The number of anilines is 2. The SMILES string of the molecule is COc1ccc(N2CCn3c(nc4cc(NC(=O)C(C)C)ccc43)C2)cc1. The van der Waals surface area contributed by atoms with E-state index in [9.17, 15) is 4.79 Å². The minimum atomic E-state index is -0.0473. The molecule has 0 spiro atoms. The third kappa shape index (κ3) is 3.35. The van der Waals surface area contributed by atoms with Crippen LogP contribution in [0.1, 0.15) is 19.7 Å². The number of nitrogens with zero attached hydrogens (tertiary/aromatic N) is 3. The monoisotopic (exact) mass is 364 g/mol. The van der Waals surface area contributed by atoms with Crippen LogP contribution in [-0.2, 0) is 17.9 Å². The molecule has 1 aromatic heterocycles. The number of hydrogen-bond donors (Lipinski definition) is 1. The van der Waals surface area contributed by atoms with Gasteiger partial charge in [-0.2, -0.15) is 0 Å². The molecule has 1 amide bonds. The van der Waals surface area contributed by atoms with Crippen LogP contribution >= 0.6 is 0 Å². The summed E-state index contributed by atoms with van der Waals surface area (Å²) in [5.74, 6) is 1.87. The van der Waals surface area contributed by atoms with E-state index in [1.807, 2.05) is 44.2 Å². The Balaban J connectivity index is 1.58. The lowest BCUT2D eigenvalue weighted by molar-refractivity contribution is -0.118. The molecule has 0 aliphatic carbocycles. The van der Waals surface area contributed by atoms with Crippen molar-refractivity contribution in [2.75, 3.05) is 23.9 Å². The predicted octanol–water partition coefficient (Wildman–Crippen LogP) is 3.66. The summed E-state index contributed by atoms with van der Waals surface area (Å²) in [6, 6.07) is 14.1. The van der Waals surface area contributed by atoms with Crippen molar-refractivity contribution in [3.05, 3.63) is 48.3 Å². The van der Waals surface area contributed by atoms with E-state index in [0.717, 1.165) is 47.9 Å². The number of imidazole rings is 1. The van der Waals surface area contributed by atoms with Gasteiger partial charge in [0.15, 0.2) is 0 Å². The first-order chi connectivity index (χ1) is 13.0. The number of carbonyl (C=O) groups excluding carboxylic acids is 1. The van der Waals surface area contributed by atoms with E-state index < -0.39 is 0 Å². The van der Waals surface area contributed by atoms with Crippen molar-refractivity contribution >= 4 is 28.3 Å². The molecule has 6 heteroatoms. The number of hydrogen-bond acceptors (Lipinski definition) is 4. The van der Waals surface area contributed by atoms with Crippen molar-refractivity contribution in [1.29, 1.82) is 0 Å². The second-order valence-corrected chi connectivity index (χ2v) is 7.15. The third-order valence-electron chi connectivity index (χ3n) is 4.98. The van der Waals surface area contributed by atoms with Crippen molar-refractivity contribution in [3.8, 4) is 5.75 Å². The quantitative estimate of drug-likeness (QED) is 0.768. The number of rotatable bonds is 4. The highest BCUT2D eigenvalue weighted by molar-refractivity contribution is 5.94. The van der Waals surface area contributed by atoms with Crippen molar-refractivity contribution < 1.29 is 9.53 Å². The number of nitrogens with one attached hydrogen (secondary N) is 1. The molecule has 1 aliphatic heterocycles. The summed E-state index contributed by atoms with van der Waals surface area (Å²) in [6.07, 6.45) is 0. The fraction of sp³-hybridized carbons (Fsp3) is 0.333. The molecule has 2 aromatic carbocycles. The molecule has 4 rings (SSSR count). The number of carbonyl (C=O) groups is 1. The first kappa shape index (κ1) is 17.4. The number of benzene rings is 2. The van der Waals surface area contributed by atoms with Crippen molar-refractivity contribution in [3.63, 3.8) is 0 Å². The Bertz CT molecular complexity index is 976. The highest BCUT2D eigenvalue weighted by Crippen LogP contribution is 2.27. The van der Waals surface area contributed by atoms with Crippen LogP contribution in [0.5, 0.6) is 5.75 Å². The molecule has 1 aliphatic rings. The van der Waals surface area contributed by atoms with E-state index in [1.54, 1.807) is 7.11 Å². The van der Waals surface area contributed by atoms with Gasteiger partial charge in [0, 0.05) is 30.4 Å². The molecule has 0 unspecified atom stereocenters. The molecule has 1 N–H and O–H groups in total. The van der Waals surface area contributed by atoms with Crippen LogP contribution in [0.2, 0.25) is 0 Å². The molecule has 0 bridgehead atoms. The van der Waals surface area contributed by atoms with Crippen LogP contribution in [0.4, 0.5) is 11.4 Å². The Hall–Kier alpha value is -3.02. The Morgan fingerprint density at radius 1 is 1.15 bits per heavy atom. The maximum Gasteiger partial charge on any atom is 0.226 e. The zero-order valence-corrected chi connectivity index (χ0v) is 15.9. The van der Waals surface area contributed by atoms with Gasteiger partial charge in [0.25, 0.3) is 0 Å². The minimum Gasteiger partial charge on any atom is -0.497 e. The average Bonchev–Trinajstić information content (AvgIpc) is 3.04. The summed E-state index contributed by atoms with van der Waals surface area (Å²) in [5, 5.41) is 2.95. The summed E-state index contributed by atoms with van der Waals surface area (Å²) in [6.45, 7) is 6.34. The molecule has 0 fully saturated rings. The molecule has 2 heterocycles. The lowest BCUT2D eigenvalue weighted by atomic mass is 10.2. The highest BCUT2D eigenvalue weighted by atomic mass is 16.5. The topological polar surface area (TPSA) is 59.4 Å². The summed E-state index contributed by atoms with van der Waals surface area (Å²) < 4.78 is 7.51. The van der Waals surface area contributed by atoms with Crippen LogP contribution in [0.25, 0.3) is 11.0 Å². The maximum absolute atomic E-state index is 11.9. The molecule has 0 saturated heterocycles. The molecule has 3 aromatic rings. The van der Waals surface area contributed by atoms with E-state index in [1.165, 1.54) is 5.69 Å². The van der Waals surface area contributed by atoms with Crippen LogP contribution in [-0.4, -0.2) is 29.1 Å². The molecule has 0 radical (unpaired) electrons. The second-order valence-electron chi connectivity index (χ2n) is 7.15. The van der Waals surface area contributed by atoms with E-state index in [2.05, 4.69) is 26.9 Å². The lowest BCUT2D eigenvalue weighted by Gasteiger charge is -2.30. The molecule has 6 nitrogen and oxygen atoms in total. The van der Waals surface area contributed by atoms with Gasteiger partial charge in [-0.25, -0.2) is 4.98 Å². The number of ether oxygens (including phenoxy) is 1. The molecule has 27 heavy (non-hydrogen) atoms. The number of amides is 1. The second kappa shape index (κ2) is 6.95. The van der Waals surface area contributed by atoms with Crippen molar-refractivity contribution in [1.82, 2.24) is 9.55 Å². The highest BCUT2D eigenvalue weighted by Gasteiger charge is 2.21. The number of fused-ring (bicyclic) bond motifs is 3.